The van der Waals surface area contributed by atoms with E-state index in [9.17, 15) is 18.0 Å². The standard InChI is InChI=1S/C17H13BrF3NO/c18-14-8-7-13-10-22(16(23)17(19,20)21)15-4-2-1-3-11(15)5-6-12(13)9-14/h1-4,7-9H,5-6,10H2. The van der Waals surface area contributed by atoms with Gasteiger partial charge in [0, 0.05) is 10.2 Å². The zero-order valence-corrected chi connectivity index (χ0v) is 13.6. The first kappa shape index (κ1) is 16.1. The fraction of sp³-hybridized carbons (Fsp3) is 0.235. The number of amides is 1. The van der Waals surface area contributed by atoms with Gasteiger partial charge in [0.15, 0.2) is 0 Å². The summed E-state index contributed by atoms with van der Waals surface area (Å²) >= 11 is 3.38. The van der Waals surface area contributed by atoms with E-state index in [1.54, 1.807) is 36.4 Å². The molecular formula is C17H13BrF3NO. The lowest BCUT2D eigenvalue weighted by Crippen LogP contribution is -2.42. The number of nitrogens with zero attached hydrogens (tertiary/aromatic N) is 1. The van der Waals surface area contributed by atoms with Crippen molar-refractivity contribution in [2.45, 2.75) is 25.6 Å². The van der Waals surface area contributed by atoms with Gasteiger partial charge in [-0.3, -0.25) is 9.69 Å². The third-order valence-corrected chi connectivity index (χ3v) is 4.42. The molecule has 0 atom stereocenters. The van der Waals surface area contributed by atoms with Crippen LogP contribution >= 0.6 is 15.9 Å². The van der Waals surface area contributed by atoms with Gasteiger partial charge in [0.05, 0.1) is 6.54 Å². The van der Waals surface area contributed by atoms with E-state index < -0.39 is 12.1 Å². The molecule has 2 aromatic rings. The summed E-state index contributed by atoms with van der Waals surface area (Å²) in [6, 6.07) is 12.2. The van der Waals surface area contributed by atoms with Gasteiger partial charge < -0.3 is 0 Å². The number of alkyl halides is 3. The third-order valence-electron chi connectivity index (χ3n) is 3.93. The molecule has 2 aromatic carbocycles. The smallest absolute Gasteiger partial charge is 0.300 e. The number of rotatable bonds is 0. The van der Waals surface area contributed by atoms with E-state index in [1.807, 2.05) is 6.07 Å². The van der Waals surface area contributed by atoms with Gasteiger partial charge in [-0.15, -0.1) is 0 Å². The molecular weight excluding hydrogens is 371 g/mol. The molecule has 120 valence electrons. The summed E-state index contributed by atoms with van der Waals surface area (Å²) in [5, 5.41) is 0. The fourth-order valence-corrected chi connectivity index (χ4v) is 3.23. The van der Waals surface area contributed by atoms with Crippen LogP contribution in [0.2, 0.25) is 0 Å². The van der Waals surface area contributed by atoms with Gasteiger partial charge in [-0.1, -0.05) is 40.2 Å². The number of fused-ring (bicyclic) bond motifs is 2. The van der Waals surface area contributed by atoms with Crippen LogP contribution in [-0.4, -0.2) is 12.1 Å². The lowest BCUT2D eigenvalue weighted by atomic mass is 9.95. The summed E-state index contributed by atoms with van der Waals surface area (Å²) in [5.74, 6) is -1.83. The summed E-state index contributed by atoms with van der Waals surface area (Å²) in [5.41, 5.74) is 2.77. The monoisotopic (exact) mass is 383 g/mol. The second-order valence-electron chi connectivity index (χ2n) is 5.43. The Morgan fingerprint density at radius 1 is 1.00 bits per heavy atom. The average Bonchev–Trinajstić information content (AvgIpc) is 2.49. The molecule has 0 radical (unpaired) electrons. The van der Waals surface area contributed by atoms with Crippen molar-refractivity contribution in [1.82, 2.24) is 0 Å². The van der Waals surface area contributed by atoms with Crippen molar-refractivity contribution >= 4 is 27.5 Å². The maximum Gasteiger partial charge on any atom is 0.471 e. The van der Waals surface area contributed by atoms with E-state index in [2.05, 4.69) is 15.9 Å². The number of para-hydroxylation sites is 1. The third kappa shape index (κ3) is 3.27. The van der Waals surface area contributed by atoms with E-state index in [1.165, 1.54) is 0 Å². The van der Waals surface area contributed by atoms with Crippen molar-refractivity contribution in [2.24, 2.45) is 0 Å². The molecule has 0 aliphatic carbocycles. The van der Waals surface area contributed by atoms with E-state index >= 15 is 0 Å². The van der Waals surface area contributed by atoms with Crippen molar-refractivity contribution in [3.05, 3.63) is 63.6 Å². The molecule has 0 spiro atoms. The molecule has 1 amide bonds. The van der Waals surface area contributed by atoms with Crippen LogP contribution in [0.15, 0.2) is 46.9 Å². The molecule has 3 rings (SSSR count). The second kappa shape index (κ2) is 6.00. The lowest BCUT2D eigenvalue weighted by molar-refractivity contribution is -0.170. The van der Waals surface area contributed by atoms with Crippen molar-refractivity contribution < 1.29 is 18.0 Å². The van der Waals surface area contributed by atoms with Crippen LogP contribution < -0.4 is 4.90 Å². The van der Waals surface area contributed by atoms with Crippen LogP contribution in [0.25, 0.3) is 0 Å². The number of hydrogen-bond donors (Lipinski definition) is 0. The largest absolute Gasteiger partial charge is 0.471 e. The van der Waals surface area contributed by atoms with Crippen molar-refractivity contribution in [1.29, 1.82) is 0 Å². The van der Waals surface area contributed by atoms with Gasteiger partial charge in [-0.05, 0) is 47.7 Å². The number of carbonyl (C=O) groups excluding carboxylic acids is 1. The number of anilines is 1. The summed E-state index contributed by atoms with van der Waals surface area (Å²) in [4.78, 5) is 12.8. The van der Waals surface area contributed by atoms with Crippen LogP contribution in [0.4, 0.5) is 18.9 Å². The van der Waals surface area contributed by atoms with Gasteiger partial charge in [0.1, 0.15) is 0 Å². The van der Waals surface area contributed by atoms with Crippen LogP contribution in [0.1, 0.15) is 16.7 Å². The van der Waals surface area contributed by atoms with Crippen LogP contribution in [0.3, 0.4) is 0 Å². The first-order valence-electron chi connectivity index (χ1n) is 7.10. The summed E-state index contributed by atoms with van der Waals surface area (Å²) in [6.45, 7) is -0.0853. The predicted molar refractivity (Wildman–Crippen MR) is 85.2 cm³/mol. The highest BCUT2D eigenvalue weighted by atomic mass is 79.9. The molecule has 1 heterocycles. The number of aryl methyl sites for hydroxylation is 2. The summed E-state index contributed by atoms with van der Waals surface area (Å²) in [7, 11) is 0. The van der Waals surface area contributed by atoms with E-state index in [0.717, 1.165) is 32.5 Å². The predicted octanol–water partition coefficient (Wildman–Crippen LogP) is 4.64. The highest BCUT2D eigenvalue weighted by molar-refractivity contribution is 9.10. The first-order chi connectivity index (χ1) is 10.9. The first-order valence-corrected chi connectivity index (χ1v) is 7.89. The molecule has 23 heavy (non-hydrogen) atoms. The SMILES string of the molecule is O=C(N1Cc2ccc(Br)cc2CCc2ccccc21)C(F)(F)F. The van der Waals surface area contributed by atoms with E-state index in [-0.39, 0.29) is 6.54 Å². The Labute approximate surface area is 140 Å². The summed E-state index contributed by atoms with van der Waals surface area (Å²) < 4.78 is 39.9. The van der Waals surface area contributed by atoms with Crippen molar-refractivity contribution in [3.63, 3.8) is 0 Å². The number of benzene rings is 2. The van der Waals surface area contributed by atoms with Gasteiger partial charge in [0.25, 0.3) is 0 Å². The second-order valence-corrected chi connectivity index (χ2v) is 6.35. The molecule has 0 aromatic heterocycles. The minimum atomic E-state index is -4.90. The maximum atomic E-state index is 13.0. The normalized spacial score (nSPS) is 14.5. The van der Waals surface area contributed by atoms with Crippen molar-refractivity contribution in [2.75, 3.05) is 4.90 Å². The van der Waals surface area contributed by atoms with Crippen LogP contribution in [-0.2, 0) is 24.2 Å². The maximum absolute atomic E-state index is 13.0. The molecule has 1 aliphatic heterocycles. The lowest BCUT2D eigenvalue weighted by Gasteiger charge is -2.29. The molecule has 1 aliphatic rings. The topological polar surface area (TPSA) is 20.3 Å². The highest BCUT2D eigenvalue weighted by Crippen LogP contribution is 2.32. The average molecular weight is 384 g/mol. The minimum absolute atomic E-state index is 0.0853. The number of halogens is 4. The van der Waals surface area contributed by atoms with E-state index in [0.29, 0.717) is 12.1 Å². The molecule has 0 bridgehead atoms. The number of hydrogen-bond acceptors (Lipinski definition) is 1. The molecule has 0 saturated carbocycles. The van der Waals surface area contributed by atoms with Crippen molar-refractivity contribution in [3.8, 4) is 0 Å². The fourth-order valence-electron chi connectivity index (χ4n) is 2.83. The number of carbonyl (C=O) groups is 1. The van der Waals surface area contributed by atoms with Crippen LogP contribution in [0.5, 0.6) is 0 Å². The van der Waals surface area contributed by atoms with Gasteiger partial charge in [-0.2, -0.15) is 13.2 Å². The Bertz CT molecular complexity index is 758. The minimum Gasteiger partial charge on any atom is -0.300 e. The Kier molecular flexibility index (Phi) is 4.19. The Morgan fingerprint density at radius 2 is 1.70 bits per heavy atom. The molecule has 0 N–H and O–H groups in total. The quantitative estimate of drug-likeness (QED) is 0.648. The van der Waals surface area contributed by atoms with E-state index in [4.69, 9.17) is 0 Å². The van der Waals surface area contributed by atoms with Crippen LogP contribution in [0, 0.1) is 0 Å². The zero-order valence-electron chi connectivity index (χ0n) is 12.0. The Balaban J connectivity index is 2.10. The Hall–Kier alpha value is -1.82. The Morgan fingerprint density at radius 3 is 2.43 bits per heavy atom. The molecule has 2 nitrogen and oxygen atoms in total. The summed E-state index contributed by atoms with van der Waals surface area (Å²) in [6.07, 6.45) is -3.59. The van der Waals surface area contributed by atoms with Gasteiger partial charge in [-0.25, -0.2) is 0 Å². The zero-order chi connectivity index (χ0) is 16.6. The molecule has 0 fully saturated rings. The molecule has 0 saturated heterocycles. The van der Waals surface area contributed by atoms with Gasteiger partial charge >= 0.3 is 12.1 Å². The molecule has 6 heteroatoms. The molecule has 0 unspecified atom stereocenters. The highest BCUT2D eigenvalue weighted by Gasteiger charge is 2.43. The van der Waals surface area contributed by atoms with Gasteiger partial charge in [0.2, 0.25) is 0 Å².